The van der Waals surface area contributed by atoms with Gasteiger partial charge >= 0.3 is 0 Å². The molecule has 30 heavy (non-hydrogen) atoms. The molecule has 0 bridgehead atoms. The van der Waals surface area contributed by atoms with Gasteiger partial charge in [-0.05, 0) is 29.4 Å². The van der Waals surface area contributed by atoms with Gasteiger partial charge in [-0.25, -0.2) is 9.66 Å². The van der Waals surface area contributed by atoms with Crippen LogP contribution in [0.3, 0.4) is 0 Å². The summed E-state index contributed by atoms with van der Waals surface area (Å²) < 4.78 is 1.61. The number of fused-ring (bicyclic) bond motifs is 1. The number of imidazole rings is 1. The van der Waals surface area contributed by atoms with E-state index in [1.165, 1.54) is 5.56 Å². The van der Waals surface area contributed by atoms with Crippen LogP contribution >= 0.6 is 0 Å². The zero-order valence-electron chi connectivity index (χ0n) is 17.4. The fourth-order valence-electron chi connectivity index (χ4n) is 3.78. The van der Waals surface area contributed by atoms with Crippen LogP contribution in [0.1, 0.15) is 49.4 Å². The van der Waals surface area contributed by atoms with Crippen molar-refractivity contribution < 1.29 is 5.21 Å². The number of amidine groups is 1. The predicted molar refractivity (Wildman–Crippen MR) is 119 cm³/mol. The molecule has 0 saturated carbocycles. The molecule has 0 fully saturated rings. The fourth-order valence-corrected chi connectivity index (χ4v) is 3.78. The summed E-state index contributed by atoms with van der Waals surface area (Å²) in [4.78, 5) is 4.49. The zero-order valence-corrected chi connectivity index (χ0v) is 17.4. The standard InChI is InChI=1S/C23H26N6O/c1-23(2,3)15-9-7-14(8-10-15)20-13-29(22(25)26-20)27-19-12-11-16-17(19)5-4-6-18(16)21(24)28-30/h4-10,13,30H,11-12H2,1-3H3,(H2,24,28)(H2,25,26)/b27-19+. The first kappa shape index (κ1) is 19.8. The van der Waals surface area contributed by atoms with E-state index in [1.807, 2.05) is 29.9 Å². The monoisotopic (exact) mass is 402 g/mol. The first-order valence-corrected chi connectivity index (χ1v) is 9.93. The maximum Gasteiger partial charge on any atom is 0.221 e. The normalized spacial score (nSPS) is 14.7. The number of hydrogen-bond donors (Lipinski definition) is 4. The molecule has 2 aromatic carbocycles. The molecular formula is C23H26N6O. The second kappa shape index (κ2) is 7.42. The van der Waals surface area contributed by atoms with Gasteiger partial charge in [-0.2, -0.15) is 5.10 Å². The van der Waals surface area contributed by atoms with Crippen molar-refractivity contribution in [3.8, 4) is 11.3 Å². The van der Waals surface area contributed by atoms with Crippen LogP contribution in [-0.4, -0.2) is 26.4 Å². The molecule has 1 aromatic heterocycles. The highest BCUT2D eigenvalue weighted by Gasteiger charge is 2.23. The smallest absolute Gasteiger partial charge is 0.221 e. The highest BCUT2D eigenvalue weighted by atomic mass is 16.5. The number of hydroxylamine groups is 1. The third kappa shape index (κ3) is 3.59. The molecule has 0 unspecified atom stereocenters. The van der Waals surface area contributed by atoms with E-state index in [1.54, 1.807) is 4.68 Å². The highest BCUT2D eigenvalue weighted by Crippen LogP contribution is 2.28. The summed E-state index contributed by atoms with van der Waals surface area (Å²) >= 11 is 0. The molecule has 4 rings (SSSR count). The molecule has 7 nitrogen and oxygen atoms in total. The molecule has 0 atom stereocenters. The third-order valence-corrected chi connectivity index (χ3v) is 5.47. The van der Waals surface area contributed by atoms with Gasteiger partial charge in [0.1, 0.15) is 5.84 Å². The van der Waals surface area contributed by atoms with Crippen molar-refractivity contribution in [2.24, 2.45) is 5.10 Å². The number of aromatic nitrogens is 2. The maximum absolute atomic E-state index is 9.10. The summed E-state index contributed by atoms with van der Waals surface area (Å²) in [5.74, 6) is 0.308. The summed E-state index contributed by atoms with van der Waals surface area (Å²) in [6, 6.07) is 14.0. The molecule has 1 aliphatic rings. The van der Waals surface area contributed by atoms with Gasteiger partial charge < -0.3 is 5.73 Å². The molecule has 0 aliphatic heterocycles. The Labute approximate surface area is 175 Å². The van der Waals surface area contributed by atoms with Crippen molar-refractivity contribution in [1.29, 1.82) is 5.41 Å². The minimum absolute atomic E-state index is 0.0174. The van der Waals surface area contributed by atoms with E-state index < -0.39 is 0 Å². The Morgan fingerprint density at radius 1 is 1.17 bits per heavy atom. The van der Waals surface area contributed by atoms with E-state index in [0.717, 1.165) is 40.9 Å². The van der Waals surface area contributed by atoms with Crippen LogP contribution in [-0.2, 0) is 11.8 Å². The average molecular weight is 403 g/mol. The number of nitrogens with two attached hydrogens (primary N) is 1. The van der Waals surface area contributed by atoms with Crippen molar-refractivity contribution in [2.75, 3.05) is 5.73 Å². The van der Waals surface area contributed by atoms with Gasteiger partial charge in [0.2, 0.25) is 5.95 Å². The zero-order chi connectivity index (χ0) is 21.5. The van der Waals surface area contributed by atoms with E-state index in [4.69, 9.17) is 21.5 Å². The summed E-state index contributed by atoms with van der Waals surface area (Å²) in [5.41, 5.74) is 14.7. The van der Waals surface area contributed by atoms with Gasteiger partial charge in [-0.3, -0.25) is 16.1 Å². The largest absolute Gasteiger partial charge is 0.368 e. The minimum Gasteiger partial charge on any atom is -0.368 e. The molecule has 7 heteroatoms. The van der Waals surface area contributed by atoms with Crippen LogP contribution < -0.4 is 11.2 Å². The van der Waals surface area contributed by atoms with E-state index in [0.29, 0.717) is 11.5 Å². The van der Waals surface area contributed by atoms with E-state index >= 15 is 0 Å². The lowest BCUT2D eigenvalue weighted by Gasteiger charge is -2.18. The Balaban J connectivity index is 1.66. The van der Waals surface area contributed by atoms with Crippen molar-refractivity contribution >= 4 is 17.5 Å². The van der Waals surface area contributed by atoms with Crippen LogP contribution in [0.25, 0.3) is 11.3 Å². The van der Waals surface area contributed by atoms with Crippen LogP contribution in [0.4, 0.5) is 5.95 Å². The lowest BCUT2D eigenvalue weighted by Crippen LogP contribution is -2.20. The van der Waals surface area contributed by atoms with Crippen molar-refractivity contribution in [3.63, 3.8) is 0 Å². The number of rotatable bonds is 3. The first-order chi connectivity index (χ1) is 14.3. The van der Waals surface area contributed by atoms with Gasteiger partial charge in [0.25, 0.3) is 0 Å². The summed E-state index contributed by atoms with van der Waals surface area (Å²) in [6.07, 6.45) is 3.33. The number of benzene rings is 2. The molecule has 0 spiro atoms. The molecule has 0 saturated heterocycles. The third-order valence-electron chi connectivity index (χ3n) is 5.47. The summed E-state index contributed by atoms with van der Waals surface area (Å²) in [6.45, 7) is 6.56. The number of anilines is 1. The molecule has 0 amide bonds. The molecule has 154 valence electrons. The van der Waals surface area contributed by atoms with E-state index in [-0.39, 0.29) is 11.3 Å². The lowest BCUT2D eigenvalue weighted by atomic mass is 9.86. The maximum atomic E-state index is 9.10. The molecule has 3 aromatic rings. The Morgan fingerprint density at radius 2 is 1.90 bits per heavy atom. The molecule has 1 heterocycles. The summed E-state index contributed by atoms with van der Waals surface area (Å²) in [7, 11) is 0. The molecule has 1 aliphatic carbocycles. The fraction of sp³-hybridized carbons (Fsp3) is 0.261. The second-order valence-corrected chi connectivity index (χ2v) is 8.52. The van der Waals surface area contributed by atoms with Crippen molar-refractivity contribution in [3.05, 3.63) is 70.9 Å². The van der Waals surface area contributed by atoms with Gasteiger partial charge in [0, 0.05) is 16.7 Å². The number of nitrogens with one attached hydrogen (secondary N) is 2. The Kier molecular flexibility index (Phi) is 4.91. The van der Waals surface area contributed by atoms with Crippen LogP contribution in [0.15, 0.2) is 53.8 Å². The van der Waals surface area contributed by atoms with E-state index in [2.05, 4.69) is 50.0 Å². The van der Waals surface area contributed by atoms with Gasteiger partial charge in [0.05, 0.1) is 17.6 Å². The Hall–Kier alpha value is -3.45. The van der Waals surface area contributed by atoms with Gasteiger partial charge in [-0.15, -0.1) is 0 Å². The van der Waals surface area contributed by atoms with Crippen LogP contribution in [0.2, 0.25) is 0 Å². The topological polar surface area (TPSA) is 112 Å². The Morgan fingerprint density at radius 3 is 2.57 bits per heavy atom. The van der Waals surface area contributed by atoms with Gasteiger partial charge in [-0.1, -0.05) is 63.2 Å². The van der Waals surface area contributed by atoms with Crippen molar-refractivity contribution in [1.82, 2.24) is 15.1 Å². The Bertz CT molecular complexity index is 1140. The SMILES string of the molecule is CC(C)(C)c1ccc(-c2cn(/N=C3\CCc4c(C(=N)NO)cccc43)c(N)n2)cc1. The molecule has 5 N–H and O–H groups in total. The lowest BCUT2D eigenvalue weighted by molar-refractivity contribution is 0.234. The quantitative estimate of drug-likeness (QED) is 0.302. The number of hydrogen-bond acceptors (Lipinski definition) is 5. The average Bonchev–Trinajstić information content (AvgIpc) is 3.31. The summed E-state index contributed by atoms with van der Waals surface area (Å²) in [5, 5.41) is 21.7. The molecule has 0 radical (unpaired) electrons. The van der Waals surface area contributed by atoms with Crippen molar-refractivity contribution in [2.45, 2.75) is 39.0 Å². The second-order valence-electron chi connectivity index (χ2n) is 8.52. The molecular weight excluding hydrogens is 376 g/mol. The minimum atomic E-state index is -0.0174. The highest BCUT2D eigenvalue weighted by molar-refractivity contribution is 6.08. The number of nitrogen functional groups attached to an aromatic ring is 1. The van der Waals surface area contributed by atoms with Crippen LogP contribution in [0, 0.1) is 5.41 Å². The number of nitrogens with zero attached hydrogens (tertiary/aromatic N) is 3. The van der Waals surface area contributed by atoms with E-state index in [9.17, 15) is 0 Å². The predicted octanol–water partition coefficient (Wildman–Crippen LogP) is 3.93. The first-order valence-electron chi connectivity index (χ1n) is 9.93. The van der Waals surface area contributed by atoms with Gasteiger partial charge in [0.15, 0.2) is 0 Å². The van der Waals surface area contributed by atoms with Crippen LogP contribution in [0.5, 0.6) is 0 Å².